The van der Waals surface area contributed by atoms with Gasteiger partial charge in [0.1, 0.15) is 0 Å². The second-order valence-electron chi connectivity index (χ2n) is 3.58. The molecule has 92 valence electrons. The third-order valence-electron chi connectivity index (χ3n) is 2.31. The third-order valence-corrected chi connectivity index (χ3v) is 3.24. The quantitative estimate of drug-likeness (QED) is 0.884. The normalized spacial score (nSPS) is 15.8. The Morgan fingerprint density at radius 1 is 1.24 bits per heavy atom. The predicted octanol–water partition coefficient (Wildman–Crippen LogP) is 2.90. The summed E-state index contributed by atoms with van der Waals surface area (Å²) in [7, 11) is 0. The molecule has 0 atom stereocenters. The van der Waals surface area contributed by atoms with Crippen LogP contribution < -0.4 is 5.32 Å². The van der Waals surface area contributed by atoms with E-state index in [0.29, 0.717) is 6.54 Å². The summed E-state index contributed by atoms with van der Waals surface area (Å²) in [6.45, 7) is 1.31. The molecule has 0 radical (unpaired) electrons. The lowest BCUT2D eigenvalue weighted by molar-refractivity contribution is -0.137. The number of hydrogen-bond donors (Lipinski definition) is 1. The van der Waals surface area contributed by atoms with Crippen molar-refractivity contribution >= 4 is 16.9 Å². The number of benzene rings is 1. The third kappa shape index (κ3) is 3.39. The van der Waals surface area contributed by atoms with E-state index in [1.165, 1.54) is 12.1 Å². The maximum atomic E-state index is 12.3. The molecule has 1 aromatic rings. The van der Waals surface area contributed by atoms with Crippen molar-refractivity contribution in [2.45, 2.75) is 12.7 Å². The molecule has 0 amide bonds. The minimum Gasteiger partial charge on any atom is -0.361 e. The van der Waals surface area contributed by atoms with Crippen LogP contribution in [0.3, 0.4) is 0 Å². The summed E-state index contributed by atoms with van der Waals surface area (Å²) >= 11 is 1.63. The monoisotopic (exact) mass is 260 g/mol. The summed E-state index contributed by atoms with van der Waals surface area (Å²) in [5.41, 5.74) is 0.196. The molecule has 2 rings (SSSR count). The van der Waals surface area contributed by atoms with Gasteiger partial charge in [0, 0.05) is 12.3 Å². The molecule has 17 heavy (non-hydrogen) atoms. The molecule has 2 nitrogen and oxygen atoms in total. The smallest absolute Gasteiger partial charge is 0.361 e. The summed E-state index contributed by atoms with van der Waals surface area (Å²) < 4.78 is 36.9. The lowest BCUT2D eigenvalue weighted by atomic mass is 10.1. The Labute approximate surface area is 101 Å². The van der Waals surface area contributed by atoms with Gasteiger partial charge in [0.25, 0.3) is 0 Å². The van der Waals surface area contributed by atoms with Gasteiger partial charge in [-0.1, -0.05) is 23.9 Å². The number of hydrogen-bond acceptors (Lipinski definition) is 3. The van der Waals surface area contributed by atoms with Crippen molar-refractivity contribution in [3.8, 4) is 0 Å². The fourth-order valence-corrected chi connectivity index (χ4v) is 2.16. The van der Waals surface area contributed by atoms with Crippen molar-refractivity contribution in [3.63, 3.8) is 0 Å². The number of rotatable bonds is 2. The first kappa shape index (κ1) is 12.3. The van der Waals surface area contributed by atoms with Crippen molar-refractivity contribution in [3.05, 3.63) is 35.4 Å². The first-order valence-electron chi connectivity index (χ1n) is 5.13. The number of thioether (sulfide) groups is 1. The zero-order valence-electron chi connectivity index (χ0n) is 8.92. The largest absolute Gasteiger partial charge is 0.416 e. The molecular formula is C11H11F3N2S. The van der Waals surface area contributed by atoms with Gasteiger partial charge in [0.05, 0.1) is 12.1 Å². The van der Waals surface area contributed by atoms with Crippen LogP contribution in [0.1, 0.15) is 11.1 Å². The molecule has 0 aromatic heterocycles. The summed E-state index contributed by atoms with van der Waals surface area (Å²) in [6, 6.07) is 5.16. The molecule has 1 aliphatic rings. The standard InChI is InChI=1S/C11H11F3N2S/c12-11(13,14)9-3-1-8(2-4-9)7-16-10-15-5-6-17-10/h1-4H,5-7H2,(H,15,16). The SMILES string of the molecule is FC(F)(F)c1ccc(CNC2=NCCS2)cc1. The topological polar surface area (TPSA) is 24.4 Å². The van der Waals surface area contributed by atoms with Crippen molar-refractivity contribution in [2.24, 2.45) is 4.99 Å². The van der Waals surface area contributed by atoms with Crippen molar-refractivity contribution in [2.75, 3.05) is 12.3 Å². The lowest BCUT2D eigenvalue weighted by Gasteiger charge is -2.08. The van der Waals surface area contributed by atoms with Crippen LogP contribution in [-0.2, 0) is 12.7 Å². The van der Waals surface area contributed by atoms with E-state index in [9.17, 15) is 13.2 Å². The van der Waals surface area contributed by atoms with Crippen LogP contribution in [0.25, 0.3) is 0 Å². The van der Waals surface area contributed by atoms with E-state index in [0.717, 1.165) is 35.2 Å². The van der Waals surface area contributed by atoms with Gasteiger partial charge in [-0.2, -0.15) is 13.2 Å². The van der Waals surface area contributed by atoms with Crippen LogP contribution >= 0.6 is 11.8 Å². The van der Waals surface area contributed by atoms with Crippen molar-refractivity contribution in [1.29, 1.82) is 0 Å². The number of nitrogens with zero attached hydrogens (tertiary/aromatic N) is 1. The molecule has 1 aromatic carbocycles. The van der Waals surface area contributed by atoms with Gasteiger partial charge in [-0.15, -0.1) is 0 Å². The molecule has 0 unspecified atom stereocenters. The van der Waals surface area contributed by atoms with Gasteiger partial charge < -0.3 is 5.32 Å². The highest BCUT2D eigenvalue weighted by atomic mass is 32.2. The van der Waals surface area contributed by atoms with E-state index in [1.807, 2.05) is 0 Å². The Kier molecular flexibility index (Phi) is 3.61. The van der Waals surface area contributed by atoms with Crippen LogP contribution in [0, 0.1) is 0 Å². The van der Waals surface area contributed by atoms with E-state index >= 15 is 0 Å². The summed E-state index contributed by atoms with van der Waals surface area (Å²) in [5, 5.41) is 3.95. The van der Waals surface area contributed by atoms with E-state index in [1.54, 1.807) is 11.8 Å². The summed E-state index contributed by atoms with van der Waals surface area (Å²) in [6.07, 6.45) is -4.27. The van der Waals surface area contributed by atoms with Gasteiger partial charge >= 0.3 is 6.18 Å². The van der Waals surface area contributed by atoms with Crippen LogP contribution in [0.15, 0.2) is 29.3 Å². The molecule has 1 heterocycles. The van der Waals surface area contributed by atoms with Crippen molar-refractivity contribution in [1.82, 2.24) is 5.32 Å². The van der Waals surface area contributed by atoms with E-state index in [-0.39, 0.29) is 0 Å². The lowest BCUT2D eigenvalue weighted by Crippen LogP contribution is -2.18. The van der Waals surface area contributed by atoms with Crippen LogP contribution in [0.5, 0.6) is 0 Å². The average Bonchev–Trinajstić information content (AvgIpc) is 2.78. The Bertz CT molecular complexity index is 412. The Morgan fingerprint density at radius 3 is 2.47 bits per heavy atom. The number of alkyl halides is 3. The molecule has 0 aliphatic carbocycles. The number of nitrogens with one attached hydrogen (secondary N) is 1. The highest BCUT2D eigenvalue weighted by Crippen LogP contribution is 2.29. The Hall–Kier alpha value is -1.17. The second-order valence-corrected chi connectivity index (χ2v) is 4.67. The maximum Gasteiger partial charge on any atom is 0.416 e. The Balaban J connectivity index is 1.94. The Morgan fingerprint density at radius 2 is 1.94 bits per heavy atom. The van der Waals surface area contributed by atoms with E-state index in [4.69, 9.17) is 0 Å². The average molecular weight is 260 g/mol. The molecular weight excluding hydrogens is 249 g/mol. The van der Waals surface area contributed by atoms with Crippen molar-refractivity contribution < 1.29 is 13.2 Å². The first-order valence-corrected chi connectivity index (χ1v) is 6.11. The van der Waals surface area contributed by atoms with Gasteiger partial charge in [-0.25, -0.2) is 0 Å². The number of amidine groups is 1. The molecule has 1 N–H and O–H groups in total. The van der Waals surface area contributed by atoms with Gasteiger partial charge in [-0.05, 0) is 17.7 Å². The molecule has 0 saturated carbocycles. The summed E-state index contributed by atoms with van der Waals surface area (Å²) in [4.78, 5) is 4.20. The highest BCUT2D eigenvalue weighted by molar-refractivity contribution is 8.14. The number of aliphatic imine (C=N–C) groups is 1. The molecule has 1 aliphatic heterocycles. The zero-order chi connectivity index (χ0) is 12.3. The van der Waals surface area contributed by atoms with E-state index in [2.05, 4.69) is 10.3 Å². The molecule has 6 heteroatoms. The first-order chi connectivity index (χ1) is 8.05. The van der Waals surface area contributed by atoms with Gasteiger partial charge in [-0.3, -0.25) is 4.99 Å². The number of halogens is 3. The molecule has 0 fully saturated rings. The zero-order valence-corrected chi connectivity index (χ0v) is 9.74. The molecule has 0 bridgehead atoms. The fraction of sp³-hybridized carbons (Fsp3) is 0.364. The van der Waals surface area contributed by atoms with Gasteiger partial charge in [0.15, 0.2) is 5.17 Å². The minimum absolute atomic E-state index is 0.504. The minimum atomic E-state index is -4.27. The fourth-order valence-electron chi connectivity index (χ4n) is 1.43. The molecule has 0 spiro atoms. The maximum absolute atomic E-state index is 12.3. The van der Waals surface area contributed by atoms with Crippen LogP contribution in [0.2, 0.25) is 0 Å². The summed E-state index contributed by atoms with van der Waals surface area (Å²) in [5.74, 6) is 0.968. The van der Waals surface area contributed by atoms with Gasteiger partial charge in [0.2, 0.25) is 0 Å². The molecule has 0 saturated heterocycles. The predicted molar refractivity (Wildman–Crippen MR) is 63.0 cm³/mol. The second kappa shape index (κ2) is 5.00. The highest BCUT2D eigenvalue weighted by Gasteiger charge is 2.29. The van der Waals surface area contributed by atoms with E-state index < -0.39 is 11.7 Å². The van der Waals surface area contributed by atoms with Crippen LogP contribution in [-0.4, -0.2) is 17.5 Å². The van der Waals surface area contributed by atoms with Crippen LogP contribution in [0.4, 0.5) is 13.2 Å².